The number of esters is 2. The van der Waals surface area contributed by atoms with E-state index in [1.54, 1.807) is 51.1 Å². The van der Waals surface area contributed by atoms with Gasteiger partial charge in [-0.05, 0) is 38.8 Å². The molecule has 0 bridgehead atoms. The van der Waals surface area contributed by atoms with Crippen molar-refractivity contribution in [2.75, 3.05) is 0 Å². The molecular weight excluding hydrogens is 458 g/mol. The van der Waals surface area contributed by atoms with Crippen molar-refractivity contribution in [3.05, 3.63) is 108 Å². The Morgan fingerprint density at radius 3 is 1.56 bits per heavy atom. The quantitative estimate of drug-likeness (QED) is 0.331. The van der Waals surface area contributed by atoms with E-state index in [0.29, 0.717) is 5.56 Å². The zero-order valence-electron chi connectivity index (χ0n) is 20.8. The molecule has 1 unspecified atom stereocenters. The highest BCUT2D eigenvalue weighted by atomic mass is 16.6. The van der Waals surface area contributed by atoms with Crippen LogP contribution in [0.25, 0.3) is 0 Å². The van der Waals surface area contributed by atoms with E-state index in [-0.39, 0.29) is 0 Å². The molecule has 3 aromatic carbocycles. The Bertz CT molecular complexity index is 1100. The summed E-state index contributed by atoms with van der Waals surface area (Å²) < 4.78 is 16.7. The molecule has 7 heteroatoms. The van der Waals surface area contributed by atoms with Crippen LogP contribution in [0.2, 0.25) is 0 Å². The van der Waals surface area contributed by atoms with E-state index in [4.69, 9.17) is 14.2 Å². The number of hydrogen-bond acceptors (Lipinski definition) is 6. The summed E-state index contributed by atoms with van der Waals surface area (Å²) in [6.07, 6.45) is -2.81. The van der Waals surface area contributed by atoms with Crippen molar-refractivity contribution >= 4 is 18.0 Å². The number of amides is 1. The smallest absolute Gasteiger partial charge is 0.408 e. The second-order valence-corrected chi connectivity index (χ2v) is 9.23. The molecule has 0 radical (unpaired) electrons. The average molecular weight is 490 g/mol. The summed E-state index contributed by atoms with van der Waals surface area (Å²) in [5, 5.41) is 2.44. The number of alkyl carbamates (subject to hydrolysis) is 1. The third kappa shape index (κ3) is 7.70. The van der Waals surface area contributed by atoms with Crippen molar-refractivity contribution in [3.63, 3.8) is 0 Å². The van der Waals surface area contributed by atoms with Crippen molar-refractivity contribution in [1.29, 1.82) is 0 Å². The van der Waals surface area contributed by atoms with Gasteiger partial charge in [0.1, 0.15) is 11.6 Å². The highest BCUT2D eigenvalue weighted by Crippen LogP contribution is 2.29. The molecule has 0 saturated carbocycles. The van der Waals surface area contributed by atoms with Crippen LogP contribution in [0.15, 0.2) is 91.0 Å². The maximum absolute atomic E-state index is 13.5. The Labute approximate surface area is 211 Å². The summed E-state index contributed by atoms with van der Waals surface area (Å²) in [5.41, 5.74) is 1.26. The first-order valence-electron chi connectivity index (χ1n) is 11.7. The van der Waals surface area contributed by atoms with Crippen LogP contribution in [-0.4, -0.2) is 29.7 Å². The van der Waals surface area contributed by atoms with Gasteiger partial charge >= 0.3 is 18.0 Å². The van der Waals surface area contributed by atoms with E-state index in [9.17, 15) is 14.4 Å². The molecule has 1 amide bonds. The van der Waals surface area contributed by atoms with Crippen LogP contribution in [0.5, 0.6) is 0 Å². The Morgan fingerprint density at radius 2 is 1.11 bits per heavy atom. The van der Waals surface area contributed by atoms with Gasteiger partial charge < -0.3 is 19.5 Å². The molecule has 0 fully saturated rings. The first kappa shape index (κ1) is 26.5. The molecule has 3 rings (SSSR count). The fourth-order valence-electron chi connectivity index (χ4n) is 3.40. The van der Waals surface area contributed by atoms with Crippen LogP contribution >= 0.6 is 0 Å². The van der Waals surface area contributed by atoms with Gasteiger partial charge in [0.05, 0.1) is 0 Å². The zero-order valence-corrected chi connectivity index (χ0v) is 20.8. The predicted molar refractivity (Wildman–Crippen MR) is 135 cm³/mol. The number of rotatable bonds is 8. The van der Waals surface area contributed by atoms with Gasteiger partial charge in [0.2, 0.25) is 6.10 Å². The van der Waals surface area contributed by atoms with Gasteiger partial charge in [-0.15, -0.1) is 0 Å². The van der Waals surface area contributed by atoms with Gasteiger partial charge in [0.15, 0.2) is 6.10 Å². The van der Waals surface area contributed by atoms with E-state index in [1.807, 2.05) is 60.7 Å². The Hall–Kier alpha value is -4.13. The Kier molecular flexibility index (Phi) is 8.84. The lowest BCUT2D eigenvalue weighted by atomic mass is 10.0. The first-order valence-corrected chi connectivity index (χ1v) is 11.7. The minimum Gasteiger partial charge on any atom is -0.450 e. The highest BCUT2D eigenvalue weighted by Gasteiger charge is 2.32. The highest BCUT2D eigenvalue weighted by molar-refractivity contribution is 5.85. The van der Waals surface area contributed by atoms with Crippen LogP contribution < -0.4 is 5.32 Å². The molecule has 0 aliphatic carbocycles. The van der Waals surface area contributed by atoms with Gasteiger partial charge in [0, 0.05) is 5.56 Å². The number of hydrogen-bond donors (Lipinski definition) is 1. The molecule has 0 saturated heterocycles. The molecule has 0 spiro atoms. The second kappa shape index (κ2) is 12.0. The summed E-state index contributed by atoms with van der Waals surface area (Å²) in [6, 6.07) is 26.2. The lowest BCUT2D eigenvalue weighted by molar-refractivity contribution is -0.172. The lowest BCUT2D eigenvalue weighted by Gasteiger charge is -2.25. The monoisotopic (exact) mass is 489 g/mol. The van der Waals surface area contributed by atoms with E-state index in [2.05, 4.69) is 5.32 Å². The molecule has 0 aromatic heterocycles. The number of ether oxygens (including phenoxy) is 3. The van der Waals surface area contributed by atoms with Crippen LogP contribution in [-0.2, 0) is 23.8 Å². The average Bonchev–Trinajstić information content (AvgIpc) is 2.86. The van der Waals surface area contributed by atoms with Gasteiger partial charge in [-0.3, -0.25) is 0 Å². The van der Waals surface area contributed by atoms with Crippen LogP contribution in [0.3, 0.4) is 0 Å². The SMILES string of the molecule is C[C@H](NC(=O)OC(C)(C)C)C(=O)OC(C(=O)OC(c1ccccc1)c1ccccc1)c1ccccc1. The van der Waals surface area contributed by atoms with Crippen LogP contribution in [0.1, 0.15) is 56.6 Å². The van der Waals surface area contributed by atoms with E-state index < -0.39 is 41.9 Å². The zero-order chi connectivity index (χ0) is 26.1. The van der Waals surface area contributed by atoms with Gasteiger partial charge in [0.25, 0.3) is 0 Å². The van der Waals surface area contributed by atoms with E-state index in [0.717, 1.165) is 11.1 Å². The number of benzene rings is 3. The third-order valence-electron chi connectivity index (χ3n) is 5.08. The van der Waals surface area contributed by atoms with E-state index in [1.165, 1.54) is 6.92 Å². The topological polar surface area (TPSA) is 90.9 Å². The molecule has 7 nitrogen and oxygen atoms in total. The molecule has 1 N–H and O–H groups in total. The summed E-state index contributed by atoms with van der Waals surface area (Å²) in [7, 11) is 0. The molecule has 188 valence electrons. The van der Waals surface area contributed by atoms with Gasteiger partial charge in [-0.25, -0.2) is 14.4 Å². The number of nitrogens with one attached hydrogen (secondary N) is 1. The van der Waals surface area contributed by atoms with Crippen LogP contribution in [0, 0.1) is 0 Å². The molecule has 0 aliphatic heterocycles. The predicted octanol–water partition coefficient (Wildman–Crippen LogP) is 5.52. The van der Waals surface area contributed by atoms with E-state index >= 15 is 0 Å². The number of carbonyl (C=O) groups excluding carboxylic acids is 3. The molecule has 3 aromatic rings. The van der Waals surface area contributed by atoms with Gasteiger partial charge in [-0.2, -0.15) is 0 Å². The second-order valence-electron chi connectivity index (χ2n) is 9.23. The largest absolute Gasteiger partial charge is 0.450 e. The molecule has 0 aliphatic rings. The molecule has 36 heavy (non-hydrogen) atoms. The minimum atomic E-state index is -1.34. The fraction of sp³-hybridized carbons (Fsp3) is 0.276. The summed E-state index contributed by atoms with van der Waals surface area (Å²) in [4.78, 5) is 38.4. The Balaban J connectivity index is 1.82. The molecular formula is C29H31NO6. The molecule has 0 heterocycles. The summed E-state index contributed by atoms with van der Waals surface area (Å²) in [6.45, 7) is 6.60. The normalized spacial score (nSPS) is 12.8. The van der Waals surface area contributed by atoms with Crippen molar-refractivity contribution in [2.45, 2.75) is 51.5 Å². The Morgan fingerprint density at radius 1 is 0.667 bits per heavy atom. The maximum Gasteiger partial charge on any atom is 0.408 e. The summed E-state index contributed by atoms with van der Waals surface area (Å²) in [5.74, 6) is -1.54. The summed E-state index contributed by atoms with van der Waals surface area (Å²) >= 11 is 0. The lowest BCUT2D eigenvalue weighted by Crippen LogP contribution is -2.43. The van der Waals surface area contributed by atoms with Crippen molar-refractivity contribution in [3.8, 4) is 0 Å². The number of carbonyl (C=O) groups is 3. The van der Waals surface area contributed by atoms with Gasteiger partial charge in [-0.1, -0.05) is 91.0 Å². The van der Waals surface area contributed by atoms with Crippen molar-refractivity contribution < 1.29 is 28.6 Å². The van der Waals surface area contributed by atoms with Crippen LogP contribution in [0.4, 0.5) is 4.79 Å². The maximum atomic E-state index is 13.5. The fourth-order valence-corrected chi connectivity index (χ4v) is 3.40. The first-order chi connectivity index (χ1) is 17.1. The standard InChI is InChI=1S/C29H31NO6/c1-20(30-28(33)36-29(2,3)4)26(31)35-25(23-18-12-7-13-19-23)27(32)34-24(21-14-8-5-9-15-21)22-16-10-6-11-17-22/h5-20,24-25H,1-4H3,(H,30,33)/t20-,25?/m0/s1. The third-order valence-corrected chi connectivity index (χ3v) is 5.08. The minimum absolute atomic E-state index is 0.445. The van der Waals surface area contributed by atoms with Crippen molar-refractivity contribution in [1.82, 2.24) is 5.32 Å². The van der Waals surface area contributed by atoms with Crippen molar-refractivity contribution in [2.24, 2.45) is 0 Å². The molecule has 2 atom stereocenters.